The summed E-state index contributed by atoms with van der Waals surface area (Å²) in [5.41, 5.74) is 0.663. The van der Waals surface area contributed by atoms with Gasteiger partial charge in [0, 0.05) is 11.8 Å². The van der Waals surface area contributed by atoms with Gasteiger partial charge in [-0.15, -0.1) is 0 Å². The predicted molar refractivity (Wildman–Crippen MR) is 51.4 cm³/mol. The molecular formula is C12H18O. The highest BCUT2D eigenvalue weighted by molar-refractivity contribution is 5.89. The van der Waals surface area contributed by atoms with Crippen LogP contribution in [-0.4, -0.2) is 5.78 Å². The summed E-state index contributed by atoms with van der Waals surface area (Å²) in [5, 5.41) is 0. The molecule has 3 fully saturated rings. The van der Waals surface area contributed by atoms with E-state index in [1.807, 2.05) is 0 Å². The molecule has 0 bridgehead atoms. The average Bonchev–Trinajstić information content (AvgIpc) is 2.67. The van der Waals surface area contributed by atoms with Crippen LogP contribution in [0, 0.1) is 16.7 Å². The summed E-state index contributed by atoms with van der Waals surface area (Å²) >= 11 is 0. The van der Waals surface area contributed by atoms with Crippen molar-refractivity contribution in [2.45, 2.75) is 51.9 Å². The summed E-state index contributed by atoms with van der Waals surface area (Å²) in [4.78, 5) is 12.1. The van der Waals surface area contributed by atoms with Crippen molar-refractivity contribution in [2.75, 3.05) is 0 Å². The van der Waals surface area contributed by atoms with Crippen LogP contribution in [0.25, 0.3) is 0 Å². The minimum absolute atomic E-state index is 0.174. The molecule has 0 heterocycles. The molecule has 0 saturated heterocycles. The SMILES string of the molecule is C[C@@H]1CC[C@@]23CCC[C@@]12C(=O)CC3. The van der Waals surface area contributed by atoms with Crippen molar-refractivity contribution in [1.82, 2.24) is 0 Å². The number of carbonyl (C=O) groups excluding carboxylic acids is 1. The molecule has 3 saturated carbocycles. The zero-order chi connectivity index (χ0) is 9.10. The van der Waals surface area contributed by atoms with Gasteiger partial charge in [0.2, 0.25) is 0 Å². The Balaban J connectivity index is 2.15. The van der Waals surface area contributed by atoms with Crippen LogP contribution in [0.5, 0.6) is 0 Å². The fraction of sp³-hybridized carbons (Fsp3) is 0.917. The molecule has 13 heavy (non-hydrogen) atoms. The normalized spacial score (nSPS) is 53.9. The van der Waals surface area contributed by atoms with E-state index < -0.39 is 0 Å². The third kappa shape index (κ3) is 0.660. The van der Waals surface area contributed by atoms with Crippen molar-refractivity contribution in [2.24, 2.45) is 16.7 Å². The van der Waals surface area contributed by atoms with Gasteiger partial charge in [0.1, 0.15) is 5.78 Å². The smallest absolute Gasteiger partial charge is 0.139 e. The summed E-state index contributed by atoms with van der Waals surface area (Å²) in [6, 6.07) is 0. The molecule has 0 N–H and O–H groups in total. The molecule has 0 spiro atoms. The van der Waals surface area contributed by atoms with Gasteiger partial charge in [0.05, 0.1) is 0 Å². The van der Waals surface area contributed by atoms with E-state index in [9.17, 15) is 4.79 Å². The third-order valence-corrected chi connectivity index (χ3v) is 5.40. The van der Waals surface area contributed by atoms with E-state index in [4.69, 9.17) is 0 Å². The Morgan fingerprint density at radius 3 is 2.85 bits per heavy atom. The average molecular weight is 178 g/mol. The lowest BCUT2D eigenvalue weighted by atomic mass is 9.67. The van der Waals surface area contributed by atoms with Crippen molar-refractivity contribution >= 4 is 5.78 Å². The van der Waals surface area contributed by atoms with Crippen LogP contribution in [0.3, 0.4) is 0 Å². The van der Waals surface area contributed by atoms with Gasteiger partial charge in [0.25, 0.3) is 0 Å². The number of ketones is 1. The molecule has 72 valence electrons. The van der Waals surface area contributed by atoms with Crippen LogP contribution in [0.15, 0.2) is 0 Å². The van der Waals surface area contributed by atoms with Crippen LogP contribution in [-0.2, 0) is 4.79 Å². The molecule has 0 aromatic carbocycles. The first-order valence-electron chi connectivity index (χ1n) is 5.75. The lowest BCUT2D eigenvalue weighted by Crippen LogP contribution is -2.36. The van der Waals surface area contributed by atoms with Gasteiger partial charge < -0.3 is 0 Å². The van der Waals surface area contributed by atoms with Crippen LogP contribution in [0.4, 0.5) is 0 Å². The van der Waals surface area contributed by atoms with Crippen LogP contribution in [0.2, 0.25) is 0 Å². The molecule has 0 radical (unpaired) electrons. The molecule has 1 nitrogen and oxygen atoms in total. The zero-order valence-electron chi connectivity index (χ0n) is 8.44. The van der Waals surface area contributed by atoms with E-state index in [-0.39, 0.29) is 5.41 Å². The van der Waals surface area contributed by atoms with E-state index in [1.165, 1.54) is 38.5 Å². The third-order valence-electron chi connectivity index (χ3n) is 5.40. The Hall–Kier alpha value is -0.330. The molecule has 3 atom stereocenters. The maximum Gasteiger partial charge on any atom is 0.139 e. The quantitative estimate of drug-likeness (QED) is 0.557. The fourth-order valence-electron chi connectivity index (χ4n) is 4.81. The predicted octanol–water partition coefficient (Wildman–Crippen LogP) is 2.94. The molecule has 0 aromatic heterocycles. The van der Waals surface area contributed by atoms with Gasteiger partial charge in [-0.25, -0.2) is 0 Å². The molecule has 0 unspecified atom stereocenters. The molecule has 0 aromatic rings. The first kappa shape index (κ1) is 8.02. The molecule has 3 rings (SSSR count). The van der Waals surface area contributed by atoms with Crippen molar-refractivity contribution in [3.8, 4) is 0 Å². The fourth-order valence-corrected chi connectivity index (χ4v) is 4.81. The molecular weight excluding hydrogens is 160 g/mol. The highest BCUT2D eigenvalue weighted by Gasteiger charge is 2.67. The van der Waals surface area contributed by atoms with E-state index in [1.54, 1.807) is 0 Å². The molecule has 1 heteroatoms. The molecule has 0 amide bonds. The Morgan fingerprint density at radius 2 is 2.08 bits per heavy atom. The van der Waals surface area contributed by atoms with Gasteiger partial charge in [0.15, 0.2) is 0 Å². The monoisotopic (exact) mass is 178 g/mol. The summed E-state index contributed by atoms with van der Waals surface area (Å²) < 4.78 is 0. The maximum atomic E-state index is 12.1. The van der Waals surface area contributed by atoms with Crippen LogP contribution >= 0.6 is 0 Å². The van der Waals surface area contributed by atoms with Gasteiger partial charge in [-0.1, -0.05) is 13.3 Å². The first-order chi connectivity index (χ1) is 6.21. The van der Waals surface area contributed by atoms with E-state index in [0.29, 0.717) is 17.1 Å². The van der Waals surface area contributed by atoms with Crippen molar-refractivity contribution in [3.05, 3.63) is 0 Å². The van der Waals surface area contributed by atoms with Crippen LogP contribution < -0.4 is 0 Å². The number of carbonyl (C=O) groups is 1. The van der Waals surface area contributed by atoms with Crippen molar-refractivity contribution in [3.63, 3.8) is 0 Å². The number of hydrogen-bond acceptors (Lipinski definition) is 1. The number of Topliss-reactive ketones (excluding diaryl/α,β-unsaturated/α-hetero) is 1. The highest BCUT2D eigenvalue weighted by Crippen LogP contribution is 2.71. The molecule has 3 aliphatic rings. The minimum atomic E-state index is 0.174. The lowest BCUT2D eigenvalue weighted by molar-refractivity contribution is -0.129. The Kier molecular flexibility index (Phi) is 1.35. The lowest BCUT2D eigenvalue weighted by Gasteiger charge is -2.35. The second-order valence-corrected chi connectivity index (χ2v) is 5.47. The van der Waals surface area contributed by atoms with Crippen LogP contribution in [0.1, 0.15) is 51.9 Å². The Labute approximate surface area is 79.9 Å². The van der Waals surface area contributed by atoms with Gasteiger partial charge in [-0.3, -0.25) is 4.79 Å². The first-order valence-corrected chi connectivity index (χ1v) is 5.75. The van der Waals surface area contributed by atoms with Gasteiger partial charge >= 0.3 is 0 Å². The van der Waals surface area contributed by atoms with Crippen molar-refractivity contribution in [1.29, 1.82) is 0 Å². The van der Waals surface area contributed by atoms with E-state index in [2.05, 4.69) is 6.92 Å². The maximum absolute atomic E-state index is 12.1. The second kappa shape index (κ2) is 2.18. The van der Waals surface area contributed by atoms with Gasteiger partial charge in [-0.2, -0.15) is 0 Å². The summed E-state index contributed by atoms with van der Waals surface area (Å²) in [7, 11) is 0. The van der Waals surface area contributed by atoms with Crippen molar-refractivity contribution < 1.29 is 4.79 Å². The molecule has 0 aliphatic heterocycles. The summed E-state index contributed by atoms with van der Waals surface area (Å²) in [5.74, 6) is 1.31. The topological polar surface area (TPSA) is 17.1 Å². The Morgan fingerprint density at radius 1 is 1.23 bits per heavy atom. The van der Waals surface area contributed by atoms with E-state index in [0.717, 1.165) is 6.42 Å². The Bertz CT molecular complexity index is 270. The highest BCUT2D eigenvalue weighted by atomic mass is 16.1. The standard InChI is InChI=1S/C12H18O/c1-9-3-7-11-5-2-6-12(9,11)10(13)4-8-11/h9H,2-8H2,1H3/t9-,11-,12+/m1/s1. The van der Waals surface area contributed by atoms with E-state index >= 15 is 0 Å². The largest absolute Gasteiger partial charge is 0.299 e. The summed E-state index contributed by atoms with van der Waals surface area (Å²) in [6.07, 6.45) is 8.65. The number of hydrogen-bond donors (Lipinski definition) is 0. The van der Waals surface area contributed by atoms with Gasteiger partial charge in [-0.05, 0) is 43.4 Å². The zero-order valence-corrected chi connectivity index (χ0v) is 8.44. The minimum Gasteiger partial charge on any atom is -0.299 e. The second-order valence-electron chi connectivity index (χ2n) is 5.47. The summed E-state index contributed by atoms with van der Waals surface area (Å²) in [6.45, 7) is 2.32. The molecule has 3 aliphatic carbocycles. The number of rotatable bonds is 0.